The van der Waals surface area contributed by atoms with E-state index in [0.29, 0.717) is 29.4 Å². The van der Waals surface area contributed by atoms with Crippen LogP contribution in [0.2, 0.25) is 5.15 Å². The van der Waals surface area contributed by atoms with Gasteiger partial charge in [0.25, 0.3) is 0 Å². The van der Waals surface area contributed by atoms with Crippen molar-refractivity contribution in [2.75, 3.05) is 26.8 Å². The summed E-state index contributed by atoms with van der Waals surface area (Å²) >= 11 is 7.74. The Kier molecular flexibility index (Phi) is 13.7. The quantitative estimate of drug-likeness (QED) is 0.0794. The SMILES string of the molecule is CCOC(OCC)[C@H](C)N(Cc1csc2ccc(Cl)nc12)C(=O)[C@H](Cc1ccc(O)cc1)NC(=O)CN(C)N(Cc1ccccc1)C(N)=O. The lowest BCUT2D eigenvalue weighted by molar-refractivity contribution is -0.179. The number of aromatic hydroxyl groups is 1. The lowest BCUT2D eigenvalue weighted by Gasteiger charge is -2.37. The molecule has 49 heavy (non-hydrogen) atoms. The summed E-state index contributed by atoms with van der Waals surface area (Å²) in [5, 5.41) is 17.7. The predicted molar refractivity (Wildman–Crippen MR) is 190 cm³/mol. The zero-order valence-electron chi connectivity index (χ0n) is 28.0. The van der Waals surface area contributed by atoms with E-state index in [0.717, 1.165) is 15.8 Å². The van der Waals surface area contributed by atoms with Crippen LogP contribution in [0.4, 0.5) is 4.79 Å². The van der Waals surface area contributed by atoms with E-state index in [4.69, 9.17) is 26.8 Å². The van der Waals surface area contributed by atoms with Crippen molar-refractivity contribution in [3.05, 3.63) is 94.0 Å². The number of thiophene rings is 1. The first-order valence-electron chi connectivity index (χ1n) is 16.0. The molecular formula is C35H43ClN6O6S. The number of ether oxygens (including phenoxy) is 2. The maximum atomic E-state index is 14.7. The first-order valence-corrected chi connectivity index (χ1v) is 17.2. The maximum absolute atomic E-state index is 14.7. The molecule has 0 radical (unpaired) electrons. The molecule has 0 saturated carbocycles. The Labute approximate surface area is 295 Å². The van der Waals surface area contributed by atoms with Crippen molar-refractivity contribution in [1.29, 1.82) is 0 Å². The van der Waals surface area contributed by atoms with Crippen molar-refractivity contribution in [1.82, 2.24) is 25.2 Å². The van der Waals surface area contributed by atoms with Crippen molar-refractivity contribution < 1.29 is 29.0 Å². The second-order valence-electron chi connectivity index (χ2n) is 11.4. The number of nitrogens with two attached hydrogens (primary N) is 1. The van der Waals surface area contributed by atoms with Gasteiger partial charge in [-0.25, -0.2) is 14.8 Å². The first-order chi connectivity index (χ1) is 23.5. The van der Waals surface area contributed by atoms with Crippen LogP contribution in [0, 0.1) is 0 Å². The summed E-state index contributed by atoms with van der Waals surface area (Å²) in [4.78, 5) is 46.9. The van der Waals surface area contributed by atoms with Gasteiger partial charge in [0.1, 0.15) is 16.9 Å². The van der Waals surface area contributed by atoms with Crippen LogP contribution in [0.25, 0.3) is 10.2 Å². The Morgan fingerprint density at radius 2 is 1.65 bits per heavy atom. The number of likely N-dealkylation sites (N-methyl/N-ethyl adjacent to an activating group) is 1. The molecule has 2 atom stereocenters. The fourth-order valence-electron chi connectivity index (χ4n) is 5.38. The second-order valence-corrected chi connectivity index (χ2v) is 12.7. The van der Waals surface area contributed by atoms with Gasteiger partial charge in [-0.05, 0) is 61.5 Å². The number of phenolic OH excluding ortho intramolecular Hbond substituents is 1. The molecule has 262 valence electrons. The smallest absolute Gasteiger partial charge is 0.329 e. The van der Waals surface area contributed by atoms with Crippen LogP contribution in [0.5, 0.6) is 5.75 Å². The third-order valence-electron chi connectivity index (χ3n) is 7.85. The van der Waals surface area contributed by atoms with Crippen LogP contribution in [0.1, 0.15) is 37.5 Å². The van der Waals surface area contributed by atoms with Crippen molar-refractivity contribution in [3.8, 4) is 5.75 Å². The van der Waals surface area contributed by atoms with Gasteiger partial charge in [0, 0.05) is 38.8 Å². The number of pyridine rings is 1. The summed E-state index contributed by atoms with van der Waals surface area (Å²) < 4.78 is 12.8. The van der Waals surface area contributed by atoms with E-state index in [-0.39, 0.29) is 31.8 Å². The van der Waals surface area contributed by atoms with Gasteiger partial charge in [-0.2, -0.15) is 0 Å². The fraction of sp³-hybridized carbons (Fsp3) is 0.371. The lowest BCUT2D eigenvalue weighted by atomic mass is 10.0. The molecule has 0 unspecified atom stereocenters. The van der Waals surface area contributed by atoms with Crippen molar-refractivity contribution >= 4 is 51.0 Å². The number of fused-ring (bicyclic) bond motifs is 1. The molecule has 14 heteroatoms. The number of hydrogen-bond acceptors (Lipinski definition) is 9. The molecule has 2 aromatic carbocycles. The van der Waals surface area contributed by atoms with Crippen LogP contribution >= 0.6 is 22.9 Å². The number of nitrogens with one attached hydrogen (secondary N) is 1. The van der Waals surface area contributed by atoms with Crippen LogP contribution in [0.15, 0.2) is 72.1 Å². The molecule has 0 aliphatic heterocycles. The number of hydrazine groups is 1. The monoisotopic (exact) mass is 710 g/mol. The highest BCUT2D eigenvalue weighted by Crippen LogP contribution is 2.28. The van der Waals surface area contributed by atoms with Gasteiger partial charge in [-0.15, -0.1) is 11.3 Å². The number of nitrogens with zero attached hydrogens (tertiary/aromatic N) is 4. The van der Waals surface area contributed by atoms with E-state index in [1.807, 2.05) is 62.5 Å². The highest BCUT2D eigenvalue weighted by atomic mass is 35.5. The number of rotatable bonds is 17. The Bertz CT molecular complexity index is 1690. The molecule has 0 spiro atoms. The molecule has 0 fully saturated rings. The number of carbonyl (C=O) groups excluding carboxylic acids is 3. The number of amides is 4. The Balaban J connectivity index is 1.65. The minimum atomic E-state index is -1.05. The van der Waals surface area contributed by atoms with Gasteiger partial charge >= 0.3 is 6.03 Å². The first kappa shape index (κ1) is 37.5. The van der Waals surface area contributed by atoms with Crippen molar-refractivity contribution in [2.24, 2.45) is 5.73 Å². The van der Waals surface area contributed by atoms with Gasteiger partial charge in [-0.3, -0.25) is 14.6 Å². The summed E-state index contributed by atoms with van der Waals surface area (Å²) in [5.74, 6) is -0.824. The number of carbonyl (C=O) groups is 3. The molecule has 4 aromatic rings. The fourth-order valence-corrected chi connectivity index (χ4v) is 6.42. The number of benzene rings is 2. The average Bonchev–Trinajstić information content (AvgIpc) is 3.47. The van der Waals surface area contributed by atoms with Gasteiger partial charge in [0.2, 0.25) is 11.8 Å². The minimum Gasteiger partial charge on any atom is -0.508 e. The van der Waals surface area contributed by atoms with E-state index in [2.05, 4.69) is 10.3 Å². The highest BCUT2D eigenvalue weighted by molar-refractivity contribution is 7.17. The number of primary amides is 1. The lowest BCUT2D eigenvalue weighted by Crippen LogP contribution is -2.57. The van der Waals surface area contributed by atoms with Crippen molar-refractivity contribution in [2.45, 2.75) is 58.7 Å². The van der Waals surface area contributed by atoms with Crippen LogP contribution in [-0.2, 0) is 38.6 Å². The molecular weight excluding hydrogens is 668 g/mol. The predicted octanol–water partition coefficient (Wildman–Crippen LogP) is 4.93. The van der Waals surface area contributed by atoms with Crippen LogP contribution in [0.3, 0.4) is 0 Å². The zero-order valence-corrected chi connectivity index (χ0v) is 29.6. The normalized spacial score (nSPS) is 12.6. The number of hydrogen-bond donors (Lipinski definition) is 3. The largest absolute Gasteiger partial charge is 0.508 e. The summed E-state index contributed by atoms with van der Waals surface area (Å²) in [7, 11) is 1.58. The summed E-state index contributed by atoms with van der Waals surface area (Å²) in [6.07, 6.45) is -0.636. The maximum Gasteiger partial charge on any atom is 0.329 e. The van der Waals surface area contributed by atoms with E-state index in [1.165, 1.54) is 33.5 Å². The molecule has 0 bridgehead atoms. The molecule has 2 heterocycles. The number of halogens is 1. The second kappa shape index (κ2) is 17.9. The highest BCUT2D eigenvalue weighted by Gasteiger charge is 2.35. The standard InChI is InChI=1S/C35H43ClN6O6S/c1-5-47-34(48-6-2)23(3)41(20-26-22-49-29-16-17-30(36)39-32(26)29)33(45)28(18-24-12-14-27(43)15-13-24)38-31(44)21-40(4)42(35(37)46)19-25-10-8-7-9-11-25/h7-17,22-23,28,34,43H,5-6,18-21H2,1-4H3,(H2,37,46)(H,38,44)/t23-,28-/m0/s1. The van der Waals surface area contributed by atoms with Crippen LogP contribution in [-0.4, -0.2) is 88.0 Å². The molecule has 4 N–H and O–H groups in total. The van der Waals surface area contributed by atoms with Gasteiger partial charge < -0.3 is 30.5 Å². The van der Waals surface area contributed by atoms with Gasteiger partial charge in [-0.1, -0.05) is 54.1 Å². The van der Waals surface area contributed by atoms with Gasteiger partial charge in [0.15, 0.2) is 6.29 Å². The summed E-state index contributed by atoms with van der Waals surface area (Å²) in [5.41, 5.74) is 8.68. The third kappa shape index (κ3) is 10.4. The summed E-state index contributed by atoms with van der Waals surface area (Å²) in [6, 6.07) is 16.9. The molecule has 12 nitrogen and oxygen atoms in total. The number of phenols is 1. The summed E-state index contributed by atoms with van der Waals surface area (Å²) in [6.45, 7) is 6.28. The van der Waals surface area contributed by atoms with E-state index in [9.17, 15) is 19.5 Å². The molecule has 2 aromatic heterocycles. The topological polar surface area (TPSA) is 151 Å². The molecule has 0 aliphatic rings. The Morgan fingerprint density at radius 3 is 2.29 bits per heavy atom. The molecule has 4 amide bonds. The Morgan fingerprint density at radius 1 is 0.980 bits per heavy atom. The van der Waals surface area contributed by atoms with E-state index >= 15 is 0 Å². The average molecular weight is 711 g/mol. The molecule has 4 rings (SSSR count). The van der Waals surface area contributed by atoms with Gasteiger partial charge in [0.05, 0.1) is 29.3 Å². The molecule has 0 aliphatic carbocycles. The van der Waals surface area contributed by atoms with E-state index < -0.39 is 36.2 Å². The Hall–Kier alpha value is -4.27. The molecule has 0 saturated heterocycles. The van der Waals surface area contributed by atoms with E-state index in [1.54, 1.807) is 30.1 Å². The number of aromatic nitrogens is 1. The minimum absolute atomic E-state index is 0.0734. The van der Waals surface area contributed by atoms with Crippen LogP contribution < -0.4 is 11.1 Å². The zero-order chi connectivity index (χ0) is 35.5. The third-order valence-corrected chi connectivity index (χ3v) is 9.05. The van der Waals surface area contributed by atoms with Crippen molar-refractivity contribution in [3.63, 3.8) is 0 Å². The number of urea groups is 1.